The molecule has 0 unspecified atom stereocenters. The number of carbonyl (C=O) groups is 1. The SMILES string of the molecule is CCCN(CCC)C(=O)c1ccc2nc(-c3cccs3)c(-c3cccs3)nc2c1. The smallest absolute Gasteiger partial charge is 0.253 e. The van der Waals surface area contributed by atoms with E-state index in [2.05, 4.69) is 31.4 Å². The first-order chi connectivity index (χ1) is 14.2. The Morgan fingerprint density at radius 1 is 0.862 bits per heavy atom. The maximum Gasteiger partial charge on any atom is 0.253 e. The van der Waals surface area contributed by atoms with Gasteiger partial charge in [0, 0.05) is 18.7 Å². The molecule has 0 N–H and O–H groups in total. The van der Waals surface area contributed by atoms with Gasteiger partial charge in [-0.3, -0.25) is 4.79 Å². The van der Waals surface area contributed by atoms with Crippen LogP contribution in [0.1, 0.15) is 37.0 Å². The van der Waals surface area contributed by atoms with Gasteiger partial charge in [0.15, 0.2) is 0 Å². The minimum Gasteiger partial charge on any atom is -0.339 e. The molecule has 0 fully saturated rings. The van der Waals surface area contributed by atoms with Crippen LogP contribution in [0.3, 0.4) is 0 Å². The van der Waals surface area contributed by atoms with Crippen molar-refractivity contribution in [2.45, 2.75) is 26.7 Å². The monoisotopic (exact) mass is 421 g/mol. The predicted molar refractivity (Wildman–Crippen MR) is 123 cm³/mol. The van der Waals surface area contributed by atoms with E-state index in [0.717, 1.165) is 58.1 Å². The van der Waals surface area contributed by atoms with Gasteiger partial charge in [0.25, 0.3) is 5.91 Å². The average Bonchev–Trinajstić information content (AvgIpc) is 3.46. The van der Waals surface area contributed by atoms with Gasteiger partial charge in [0.05, 0.1) is 20.8 Å². The third-order valence-electron chi connectivity index (χ3n) is 4.69. The lowest BCUT2D eigenvalue weighted by atomic mass is 10.1. The highest BCUT2D eigenvalue weighted by Gasteiger charge is 2.18. The predicted octanol–water partition coefficient (Wildman–Crippen LogP) is 6.35. The quantitative estimate of drug-likeness (QED) is 0.349. The largest absolute Gasteiger partial charge is 0.339 e. The van der Waals surface area contributed by atoms with Gasteiger partial charge in [-0.15, -0.1) is 22.7 Å². The summed E-state index contributed by atoms with van der Waals surface area (Å²) < 4.78 is 0. The lowest BCUT2D eigenvalue weighted by Crippen LogP contribution is -2.32. The number of fused-ring (bicyclic) bond motifs is 1. The van der Waals surface area contributed by atoms with Crippen molar-refractivity contribution >= 4 is 39.6 Å². The van der Waals surface area contributed by atoms with E-state index < -0.39 is 0 Å². The van der Waals surface area contributed by atoms with Crippen molar-refractivity contribution in [1.82, 2.24) is 14.9 Å². The third kappa shape index (κ3) is 4.09. The Bertz CT molecular complexity index is 1100. The summed E-state index contributed by atoms with van der Waals surface area (Å²) in [5.74, 6) is 0.0670. The molecule has 0 spiro atoms. The zero-order valence-electron chi connectivity index (χ0n) is 16.6. The first-order valence-corrected chi connectivity index (χ1v) is 11.7. The zero-order valence-corrected chi connectivity index (χ0v) is 18.2. The topological polar surface area (TPSA) is 46.1 Å². The molecule has 0 atom stereocenters. The van der Waals surface area contributed by atoms with Crippen LogP contribution in [0.25, 0.3) is 32.2 Å². The molecule has 6 heteroatoms. The number of amides is 1. The summed E-state index contributed by atoms with van der Waals surface area (Å²) >= 11 is 3.31. The van der Waals surface area contributed by atoms with Gasteiger partial charge in [-0.25, -0.2) is 9.97 Å². The number of hydrogen-bond donors (Lipinski definition) is 0. The fraction of sp³-hybridized carbons (Fsp3) is 0.261. The lowest BCUT2D eigenvalue weighted by Gasteiger charge is -2.21. The van der Waals surface area contributed by atoms with Crippen LogP contribution in [-0.4, -0.2) is 33.9 Å². The fourth-order valence-corrected chi connectivity index (χ4v) is 4.82. The maximum absolute atomic E-state index is 13.0. The van der Waals surface area contributed by atoms with Crippen molar-refractivity contribution in [2.75, 3.05) is 13.1 Å². The lowest BCUT2D eigenvalue weighted by molar-refractivity contribution is 0.0755. The summed E-state index contributed by atoms with van der Waals surface area (Å²) in [6.45, 7) is 5.74. The summed E-state index contributed by atoms with van der Waals surface area (Å²) in [6, 6.07) is 13.9. The second kappa shape index (κ2) is 8.84. The summed E-state index contributed by atoms with van der Waals surface area (Å²) in [4.78, 5) is 27.0. The van der Waals surface area contributed by atoms with Crippen LogP contribution in [0.15, 0.2) is 53.2 Å². The number of aromatic nitrogens is 2. The molecule has 0 aliphatic carbocycles. The third-order valence-corrected chi connectivity index (χ3v) is 6.45. The molecule has 3 aromatic heterocycles. The number of thiophene rings is 2. The fourth-order valence-electron chi connectivity index (χ4n) is 3.39. The van der Waals surface area contributed by atoms with Crippen LogP contribution >= 0.6 is 22.7 Å². The van der Waals surface area contributed by atoms with Crippen molar-refractivity contribution in [3.05, 3.63) is 58.8 Å². The Balaban J connectivity index is 1.81. The van der Waals surface area contributed by atoms with Gasteiger partial charge in [-0.2, -0.15) is 0 Å². The molecule has 0 bridgehead atoms. The Morgan fingerprint density at radius 3 is 1.97 bits per heavy atom. The summed E-state index contributed by atoms with van der Waals surface area (Å²) in [7, 11) is 0. The summed E-state index contributed by atoms with van der Waals surface area (Å²) in [5.41, 5.74) is 4.01. The average molecular weight is 422 g/mol. The van der Waals surface area contributed by atoms with Gasteiger partial charge in [-0.1, -0.05) is 26.0 Å². The number of rotatable bonds is 7. The maximum atomic E-state index is 13.0. The molecule has 4 nitrogen and oxygen atoms in total. The van der Waals surface area contributed by atoms with E-state index in [9.17, 15) is 4.79 Å². The molecule has 0 aliphatic rings. The highest BCUT2D eigenvalue weighted by atomic mass is 32.1. The van der Waals surface area contributed by atoms with E-state index in [1.54, 1.807) is 22.7 Å². The van der Waals surface area contributed by atoms with E-state index in [0.29, 0.717) is 5.56 Å². The normalized spacial score (nSPS) is 11.1. The van der Waals surface area contributed by atoms with Crippen LogP contribution in [0, 0.1) is 0 Å². The molecule has 0 saturated heterocycles. The molecule has 29 heavy (non-hydrogen) atoms. The highest BCUT2D eigenvalue weighted by molar-refractivity contribution is 7.14. The van der Waals surface area contributed by atoms with Crippen molar-refractivity contribution in [1.29, 1.82) is 0 Å². The van der Waals surface area contributed by atoms with Gasteiger partial charge in [0.2, 0.25) is 0 Å². The number of nitrogens with zero attached hydrogens (tertiary/aromatic N) is 3. The Hall–Kier alpha value is -2.57. The van der Waals surface area contributed by atoms with Crippen molar-refractivity contribution in [3.8, 4) is 21.1 Å². The Morgan fingerprint density at radius 2 is 1.45 bits per heavy atom. The molecule has 1 aromatic carbocycles. The molecular formula is C23H23N3OS2. The number of carbonyl (C=O) groups excluding carboxylic acids is 1. The second-order valence-electron chi connectivity index (χ2n) is 6.87. The Kier molecular flexibility index (Phi) is 6.02. The van der Waals surface area contributed by atoms with E-state index >= 15 is 0 Å². The molecule has 3 heterocycles. The van der Waals surface area contributed by atoms with Crippen LogP contribution in [0.4, 0.5) is 0 Å². The van der Waals surface area contributed by atoms with Crippen molar-refractivity contribution in [2.24, 2.45) is 0 Å². The summed E-state index contributed by atoms with van der Waals surface area (Å²) in [5, 5.41) is 4.10. The van der Waals surface area contributed by atoms with Crippen LogP contribution < -0.4 is 0 Å². The van der Waals surface area contributed by atoms with E-state index in [-0.39, 0.29) is 5.91 Å². The number of benzene rings is 1. The Labute approximate surface area is 178 Å². The minimum atomic E-state index is 0.0670. The molecule has 1 amide bonds. The van der Waals surface area contributed by atoms with E-state index in [4.69, 9.17) is 9.97 Å². The first-order valence-electron chi connectivity index (χ1n) is 9.90. The van der Waals surface area contributed by atoms with Gasteiger partial charge in [-0.05, 0) is 53.9 Å². The highest BCUT2D eigenvalue weighted by Crippen LogP contribution is 2.35. The van der Waals surface area contributed by atoms with Crippen LogP contribution in [-0.2, 0) is 0 Å². The molecule has 0 saturated carbocycles. The first kappa shape index (κ1) is 19.7. The number of hydrogen-bond acceptors (Lipinski definition) is 5. The van der Waals surface area contributed by atoms with Crippen LogP contribution in [0.5, 0.6) is 0 Å². The molecule has 148 valence electrons. The van der Waals surface area contributed by atoms with Gasteiger partial charge in [0.1, 0.15) is 11.4 Å². The second-order valence-corrected chi connectivity index (χ2v) is 8.77. The molecule has 0 aliphatic heterocycles. The minimum absolute atomic E-state index is 0.0670. The van der Waals surface area contributed by atoms with E-state index in [1.165, 1.54) is 0 Å². The summed E-state index contributed by atoms with van der Waals surface area (Å²) in [6.07, 6.45) is 1.90. The zero-order chi connectivity index (χ0) is 20.2. The van der Waals surface area contributed by atoms with Gasteiger partial charge < -0.3 is 4.90 Å². The van der Waals surface area contributed by atoms with Crippen LogP contribution in [0.2, 0.25) is 0 Å². The van der Waals surface area contributed by atoms with Crippen molar-refractivity contribution in [3.63, 3.8) is 0 Å². The van der Waals surface area contributed by atoms with Crippen molar-refractivity contribution < 1.29 is 4.79 Å². The molecule has 0 radical (unpaired) electrons. The molecular weight excluding hydrogens is 398 g/mol. The standard InChI is InChI=1S/C23H23N3OS2/c1-3-11-26(12-4-2)23(27)16-9-10-17-18(15-16)25-22(20-8-6-14-29-20)21(24-17)19-7-5-13-28-19/h5-10,13-15H,3-4,11-12H2,1-2H3. The van der Waals surface area contributed by atoms with E-state index in [1.807, 2.05) is 40.6 Å². The molecule has 4 aromatic rings. The van der Waals surface area contributed by atoms with Gasteiger partial charge >= 0.3 is 0 Å². The molecule has 4 rings (SSSR count).